The van der Waals surface area contributed by atoms with Crippen molar-refractivity contribution in [2.24, 2.45) is 0 Å². The van der Waals surface area contributed by atoms with Crippen molar-refractivity contribution in [1.29, 1.82) is 0 Å². The van der Waals surface area contributed by atoms with Crippen LogP contribution in [0.1, 0.15) is 11.6 Å². The summed E-state index contributed by atoms with van der Waals surface area (Å²) >= 11 is 3.50. The van der Waals surface area contributed by atoms with Crippen LogP contribution in [-0.4, -0.2) is 36.6 Å². The predicted octanol–water partition coefficient (Wildman–Crippen LogP) is 2.51. The molecule has 4 heteroatoms. The lowest BCUT2D eigenvalue weighted by atomic mass is 10.0. The van der Waals surface area contributed by atoms with Gasteiger partial charge in [0, 0.05) is 47.2 Å². The Labute approximate surface area is 109 Å². The first-order chi connectivity index (χ1) is 8.24. The molecule has 3 rings (SSSR count). The van der Waals surface area contributed by atoms with Gasteiger partial charge in [-0.15, -0.1) is 0 Å². The minimum Gasteiger partial charge on any atom is -0.361 e. The summed E-state index contributed by atoms with van der Waals surface area (Å²) in [5.74, 6) is 0. The van der Waals surface area contributed by atoms with E-state index in [9.17, 15) is 0 Å². The fourth-order valence-corrected chi connectivity index (χ4v) is 2.88. The van der Waals surface area contributed by atoms with E-state index in [1.807, 2.05) is 0 Å². The van der Waals surface area contributed by atoms with Crippen LogP contribution in [0.15, 0.2) is 28.9 Å². The van der Waals surface area contributed by atoms with Crippen molar-refractivity contribution in [3.63, 3.8) is 0 Å². The Morgan fingerprint density at radius 1 is 1.41 bits per heavy atom. The highest BCUT2D eigenvalue weighted by molar-refractivity contribution is 9.10. The summed E-state index contributed by atoms with van der Waals surface area (Å²) in [4.78, 5) is 5.73. The molecular weight excluding hydrogens is 278 g/mol. The number of piperazine rings is 1. The summed E-state index contributed by atoms with van der Waals surface area (Å²) in [6.45, 7) is 3.26. The molecule has 1 aliphatic rings. The molecule has 2 N–H and O–H groups in total. The van der Waals surface area contributed by atoms with Crippen LogP contribution < -0.4 is 5.32 Å². The lowest BCUT2D eigenvalue weighted by molar-refractivity contribution is 0.241. The van der Waals surface area contributed by atoms with Crippen molar-refractivity contribution < 1.29 is 0 Å². The second kappa shape index (κ2) is 4.44. The summed E-state index contributed by atoms with van der Waals surface area (Å²) in [5.41, 5.74) is 2.57. The van der Waals surface area contributed by atoms with E-state index in [1.54, 1.807) is 0 Å². The Morgan fingerprint density at radius 2 is 2.29 bits per heavy atom. The highest BCUT2D eigenvalue weighted by Crippen LogP contribution is 2.27. The average molecular weight is 294 g/mol. The molecule has 1 aromatic carbocycles. The third-order valence-corrected chi connectivity index (χ3v) is 3.92. The molecule has 2 aromatic rings. The standard InChI is InChI=1S/C13H16BrN3/c1-17-5-4-15-13(8-17)11-7-16-12-6-9(14)2-3-10(11)12/h2-3,6-7,13,15-16H,4-5,8H2,1H3. The number of nitrogens with one attached hydrogen (secondary N) is 2. The number of aromatic amines is 1. The second-order valence-corrected chi connectivity index (χ2v) is 5.62. The molecule has 0 aliphatic carbocycles. The molecule has 2 heterocycles. The molecule has 0 bridgehead atoms. The number of hydrogen-bond donors (Lipinski definition) is 2. The molecule has 1 fully saturated rings. The van der Waals surface area contributed by atoms with E-state index < -0.39 is 0 Å². The lowest BCUT2D eigenvalue weighted by Crippen LogP contribution is -2.43. The number of hydrogen-bond acceptors (Lipinski definition) is 2. The van der Waals surface area contributed by atoms with Gasteiger partial charge < -0.3 is 15.2 Å². The van der Waals surface area contributed by atoms with Gasteiger partial charge in [-0.2, -0.15) is 0 Å². The lowest BCUT2D eigenvalue weighted by Gasteiger charge is -2.30. The topological polar surface area (TPSA) is 31.1 Å². The number of rotatable bonds is 1. The molecular formula is C13H16BrN3. The molecule has 0 spiro atoms. The maximum absolute atomic E-state index is 3.59. The molecule has 1 aromatic heterocycles. The van der Waals surface area contributed by atoms with Gasteiger partial charge >= 0.3 is 0 Å². The van der Waals surface area contributed by atoms with Crippen LogP contribution in [0.25, 0.3) is 10.9 Å². The predicted molar refractivity (Wildman–Crippen MR) is 74.2 cm³/mol. The van der Waals surface area contributed by atoms with Crippen molar-refractivity contribution in [1.82, 2.24) is 15.2 Å². The van der Waals surface area contributed by atoms with E-state index in [4.69, 9.17) is 0 Å². The quantitative estimate of drug-likeness (QED) is 0.846. The number of nitrogens with zero attached hydrogens (tertiary/aromatic N) is 1. The molecule has 3 nitrogen and oxygen atoms in total. The van der Waals surface area contributed by atoms with Crippen LogP contribution in [0.2, 0.25) is 0 Å². The first-order valence-electron chi connectivity index (χ1n) is 5.92. The first kappa shape index (κ1) is 11.3. The summed E-state index contributed by atoms with van der Waals surface area (Å²) in [6, 6.07) is 6.85. The van der Waals surface area contributed by atoms with Crippen molar-refractivity contribution in [2.45, 2.75) is 6.04 Å². The van der Waals surface area contributed by atoms with Gasteiger partial charge in [0.2, 0.25) is 0 Å². The number of H-pyrrole nitrogens is 1. The fourth-order valence-electron chi connectivity index (χ4n) is 2.51. The zero-order valence-electron chi connectivity index (χ0n) is 9.83. The van der Waals surface area contributed by atoms with Crippen molar-refractivity contribution >= 4 is 26.8 Å². The Bertz CT molecular complexity index is 534. The van der Waals surface area contributed by atoms with Gasteiger partial charge in [-0.25, -0.2) is 0 Å². The van der Waals surface area contributed by atoms with E-state index >= 15 is 0 Å². The molecule has 0 saturated carbocycles. The van der Waals surface area contributed by atoms with Gasteiger partial charge in [0.1, 0.15) is 0 Å². The van der Waals surface area contributed by atoms with Crippen molar-refractivity contribution in [2.75, 3.05) is 26.7 Å². The van der Waals surface area contributed by atoms with Crippen LogP contribution in [-0.2, 0) is 0 Å². The first-order valence-corrected chi connectivity index (χ1v) is 6.72. The largest absolute Gasteiger partial charge is 0.361 e. The number of benzene rings is 1. The summed E-state index contributed by atoms with van der Waals surface area (Å²) in [7, 11) is 2.18. The summed E-state index contributed by atoms with van der Waals surface area (Å²) in [5, 5.41) is 4.91. The highest BCUT2D eigenvalue weighted by atomic mass is 79.9. The Morgan fingerprint density at radius 3 is 3.12 bits per heavy atom. The normalized spacial score (nSPS) is 22.1. The molecule has 1 saturated heterocycles. The Balaban J connectivity index is 1.99. The van der Waals surface area contributed by atoms with Gasteiger partial charge in [-0.1, -0.05) is 22.0 Å². The van der Waals surface area contributed by atoms with E-state index in [2.05, 4.69) is 62.6 Å². The van der Waals surface area contributed by atoms with Crippen LogP contribution in [0, 0.1) is 0 Å². The molecule has 1 aliphatic heterocycles. The van der Waals surface area contributed by atoms with Gasteiger partial charge in [0.05, 0.1) is 0 Å². The van der Waals surface area contributed by atoms with E-state index in [-0.39, 0.29) is 0 Å². The summed E-state index contributed by atoms with van der Waals surface area (Å²) < 4.78 is 1.12. The van der Waals surface area contributed by atoms with E-state index in [0.29, 0.717) is 6.04 Å². The van der Waals surface area contributed by atoms with Gasteiger partial charge in [-0.3, -0.25) is 0 Å². The zero-order valence-corrected chi connectivity index (χ0v) is 11.4. The smallest absolute Gasteiger partial charge is 0.0470 e. The minimum atomic E-state index is 0.434. The molecule has 1 unspecified atom stereocenters. The average Bonchev–Trinajstić information content (AvgIpc) is 2.71. The monoisotopic (exact) mass is 293 g/mol. The van der Waals surface area contributed by atoms with Gasteiger partial charge in [0.15, 0.2) is 0 Å². The van der Waals surface area contributed by atoms with Crippen LogP contribution in [0.3, 0.4) is 0 Å². The highest BCUT2D eigenvalue weighted by Gasteiger charge is 2.20. The molecule has 0 radical (unpaired) electrons. The number of fused-ring (bicyclic) bond motifs is 1. The maximum Gasteiger partial charge on any atom is 0.0470 e. The molecule has 17 heavy (non-hydrogen) atoms. The van der Waals surface area contributed by atoms with Crippen LogP contribution in [0.5, 0.6) is 0 Å². The molecule has 0 amide bonds. The van der Waals surface area contributed by atoms with E-state index in [0.717, 1.165) is 24.1 Å². The zero-order chi connectivity index (χ0) is 11.8. The Hall–Kier alpha value is -0.840. The van der Waals surface area contributed by atoms with Crippen LogP contribution >= 0.6 is 15.9 Å². The van der Waals surface area contributed by atoms with Gasteiger partial charge in [-0.05, 0) is 24.7 Å². The molecule has 1 atom stereocenters. The minimum absolute atomic E-state index is 0.434. The Kier molecular flexibility index (Phi) is 2.94. The van der Waals surface area contributed by atoms with Gasteiger partial charge in [0.25, 0.3) is 0 Å². The van der Waals surface area contributed by atoms with Crippen molar-refractivity contribution in [3.05, 3.63) is 34.4 Å². The number of aromatic nitrogens is 1. The van der Waals surface area contributed by atoms with Crippen LogP contribution in [0.4, 0.5) is 0 Å². The fraction of sp³-hybridized carbons (Fsp3) is 0.385. The molecule has 90 valence electrons. The van der Waals surface area contributed by atoms with Crippen molar-refractivity contribution in [3.8, 4) is 0 Å². The number of halogens is 1. The third kappa shape index (κ3) is 2.12. The maximum atomic E-state index is 3.59. The third-order valence-electron chi connectivity index (χ3n) is 3.43. The summed E-state index contributed by atoms with van der Waals surface area (Å²) in [6.07, 6.45) is 2.13. The number of likely N-dealkylation sites (N-methyl/N-ethyl adjacent to an activating group) is 1. The second-order valence-electron chi connectivity index (χ2n) is 4.70. The van der Waals surface area contributed by atoms with E-state index in [1.165, 1.54) is 16.5 Å². The SMILES string of the molecule is CN1CCNC(c2c[nH]c3cc(Br)ccc23)C1.